The van der Waals surface area contributed by atoms with E-state index in [1.165, 1.54) is 0 Å². The lowest BCUT2D eigenvalue weighted by molar-refractivity contribution is 0.0526. The summed E-state index contributed by atoms with van der Waals surface area (Å²) in [6.07, 6.45) is 3.82. The molecular weight excluding hydrogens is 412 g/mol. The average Bonchev–Trinajstić information content (AvgIpc) is 2.78. The van der Waals surface area contributed by atoms with E-state index in [0.717, 1.165) is 73.9 Å². The normalized spacial score (nSPS) is 20.2. The van der Waals surface area contributed by atoms with Gasteiger partial charge in [-0.2, -0.15) is 0 Å². The van der Waals surface area contributed by atoms with E-state index in [4.69, 9.17) is 10.7 Å². The smallest absolute Gasteiger partial charge is 0.255 e. The maximum Gasteiger partial charge on any atom is 0.255 e. The van der Waals surface area contributed by atoms with Crippen molar-refractivity contribution < 1.29 is 4.79 Å². The Bertz CT molecular complexity index is 1040. The van der Waals surface area contributed by atoms with Crippen molar-refractivity contribution in [2.24, 2.45) is 0 Å². The van der Waals surface area contributed by atoms with Crippen molar-refractivity contribution in [2.45, 2.75) is 52.6 Å². The van der Waals surface area contributed by atoms with Crippen LogP contribution in [0.15, 0.2) is 31.0 Å². The molecule has 0 spiro atoms. The number of benzene rings is 1. The summed E-state index contributed by atoms with van der Waals surface area (Å²) in [5.41, 5.74) is 11.1. The zero-order valence-corrected chi connectivity index (χ0v) is 20.3. The molecule has 2 aromatic rings. The molecule has 1 aromatic carbocycles. The van der Waals surface area contributed by atoms with Gasteiger partial charge in [-0.25, -0.2) is 9.97 Å². The standard InChI is InChI=1S/C26H36N6O/c1-17(2)24-15-28-25(20(5)29-24)31-12-13-32(19(4)16-31)21-8-10-30(11-9-21)26(33)22-7-6-18(3)14-23(22)27/h6-7,14-15,19,21H,1,8-13,16,27H2,2-5H3. The molecule has 0 radical (unpaired) electrons. The van der Waals surface area contributed by atoms with E-state index in [1.807, 2.05) is 50.1 Å². The maximum absolute atomic E-state index is 13.0. The minimum atomic E-state index is 0.0519. The Kier molecular flexibility index (Phi) is 6.70. The molecule has 0 bridgehead atoms. The number of aromatic nitrogens is 2. The van der Waals surface area contributed by atoms with Gasteiger partial charge in [-0.3, -0.25) is 9.69 Å². The second-order valence-electron chi connectivity index (χ2n) is 9.59. The number of aryl methyl sites for hydroxylation is 2. The van der Waals surface area contributed by atoms with Gasteiger partial charge in [0.05, 0.1) is 23.1 Å². The van der Waals surface area contributed by atoms with E-state index < -0.39 is 0 Å². The molecule has 7 heteroatoms. The van der Waals surface area contributed by atoms with Crippen molar-refractivity contribution in [3.8, 4) is 0 Å². The van der Waals surface area contributed by atoms with Crippen molar-refractivity contribution in [2.75, 3.05) is 43.4 Å². The Morgan fingerprint density at radius 2 is 1.88 bits per heavy atom. The van der Waals surface area contributed by atoms with E-state index in [1.54, 1.807) is 0 Å². The molecule has 2 aliphatic rings. The number of allylic oxidation sites excluding steroid dienone is 1. The van der Waals surface area contributed by atoms with E-state index >= 15 is 0 Å². The third-order valence-corrected chi connectivity index (χ3v) is 6.99. The monoisotopic (exact) mass is 448 g/mol. The predicted molar refractivity (Wildman–Crippen MR) is 134 cm³/mol. The van der Waals surface area contributed by atoms with E-state index in [9.17, 15) is 4.79 Å². The van der Waals surface area contributed by atoms with Crippen LogP contribution in [-0.2, 0) is 0 Å². The van der Waals surface area contributed by atoms with Crippen LogP contribution in [0.25, 0.3) is 5.57 Å². The lowest BCUT2D eigenvalue weighted by atomic mass is 9.98. The Morgan fingerprint density at radius 3 is 2.48 bits per heavy atom. The fourth-order valence-electron chi connectivity index (χ4n) is 5.15. The highest BCUT2D eigenvalue weighted by Crippen LogP contribution is 2.27. The summed E-state index contributed by atoms with van der Waals surface area (Å²) in [5, 5.41) is 0. The number of piperazine rings is 1. The van der Waals surface area contributed by atoms with E-state index in [0.29, 0.717) is 23.3 Å². The number of carbonyl (C=O) groups excluding carboxylic acids is 1. The van der Waals surface area contributed by atoms with Crippen LogP contribution in [0.4, 0.5) is 11.5 Å². The summed E-state index contributed by atoms with van der Waals surface area (Å²) >= 11 is 0. The van der Waals surface area contributed by atoms with Crippen LogP contribution in [0.2, 0.25) is 0 Å². The van der Waals surface area contributed by atoms with Crippen molar-refractivity contribution in [1.82, 2.24) is 19.8 Å². The summed E-state index contributed by atoms with van der Waals surface area (Å²) in [6.45, 7) is 16.6. The fraction of sp³-hybridized carbons (Fsp3) is 0.500. The Hall–Kier alpha value is -2.93. The summed E-state index contributed by atoms with van der Waals surface area (Å²) in [4.78, 5) is 29.3. The third kappa shape index (κ3) is 4.88. The first-order valence-electron chi connectivity index (χ1n) is 11.9. The number of likely N-dealkylation sites (tertiary alicyclic amines) is 1. The number of hydrogen-bond acceptors (Lipinski definition) is 6. The molecule has 2 fully saturated rings. The Balaban J connectivity index is 1.35. The highest BCUT2D eigenvalue weighted by molar-refractivity contribution is 5.99. The second kappa shape index (κ2) is 9.51. The van der Waals surface area contributed by atoms with Gasteiger partial charge in [-0.15, -0.1) is 0 Å². The van der Waals surface area contributed by atoms with Crippen LogP contribution >= 0.6 is 0 Å². The third-order valence-electron chi connectivity index (χ3n) is 6.99. The largest absolute Gasteiger partial charge is 0.398 e. The van der Waals surface area contributed by atoms with Gasteiger partial charge in [0.25, 0.3) is 5.91 Å². The number of nitrogens with zero attached hydrogens (tertiary/aromatic N) is 5. The number of nitrogens with two attached hydrogens (primary N) is 1. The molecule has 4 rings (SSSR count). The van der Waals surface area contributed by atoms with Gasteiger partial charge in [0, 0.05) is 50.5 Å². The molecule has 2 saturated heterocycles. The number of piperidine rings is 1. The van der Waals surface area contributed by atoms with Crippen molar-refractivity contribution in [3.05, 3.63) is 53.5 Å². The van der Waals surface area contributed by atoms with Gasteiger partial charge in [-0.05, 0) is 63.8 Å². The van der Waals surface area contributed by atoms with Crippen LogP contribution in [0.3, 0.4) is 0 Å². The molecule has 1 unspecified atom stereocenters. The number of anilines is 2. The molecule has 1 amide bonds. The summed E-state index contributed by atoms with van der Waals surface area (Å²) in [6, 6.07) is 6.60. The summed E-state index contributed by atoms with van der Waals surface area (Å²) < 4.78 is 0. The fourth-order valence-corrected chi connectivity index (χ4v) is 5.15. The van der Waals surface area contributed by atoms with Gasteiger partial charge in [-0.1, -0.05) is 12.6 Å². The maximum atomic E-state index is 13.0. The van der Waals surface area contributed by atoms with Crippen molar-refractivity contribution >= 4 is 23.0 Å². The zero-order chi connectivity index (χ0) is 23.7. The highest BCUT2D eigenvalue weighted by Gasteiger charge is 2.33. The first-order valence-corrected chi connectivity index (χ1v) is 11.9. The van der Waals surface area contributed by atoms with Crippen LogP contribution < -0.4 is 10.6 Å². The SMILES string of the molecule is C=C(C)c1cnc(N2CCN(C3CCN(C(=O)c4ccc(C)cc4N)CC3)C(C)C2)c(C)n1. The first-order chi connectivity index (χ1) is 15.7. The van der Waals surface area contributed by atoms with Gasteiger partial charge in [0.2, 0.25) is 0 Å². The minimum absolute atomic E-state index is 0.0519. The number of hydrogen-bond donors (Lipinski definition) is 1. The predicted octanol–water partition coefficient (Wildman–Crippen LogP) is 3.52. The molecule has 0 saturated carbocycles. The molecule has 3 heterocycles. The quantitative estimate of drug-likeness (QED) is 0.721. The molecule has 7 nitrogen and oxygen atoms in total. The first kappa shape index (κ1) is 23.2. The van der Waals surface area contributed by atoms with Crippen molar-refractivity contribution in [3.63, 3.8) is 0 Å². The zero-order valence-electron chi connectivity index (χ0n) is 20.3. The van der Waals surface area contributed by atoms with Crippen molar-refractivity contribution in [1.29, 1.82) is 0 Å². The molecular formula is C26H36N6O. The van der Waals surface area contributed by atoms with Crippen LogP contribution in [0.1, 0.15) is 54.0 Å². The molecule has 0 aliphatic carbocycles. The number of carbonyl (C=O) groups is 1. The molecule has 176 valence electrons. The number of amides is 1. The molecule has 33 heavy (non-hydrogen) atoms. The lowest BCUT2D eigenvalue weighted by Crippen LogP contribution is -2.58. The molecule has 2 aliphatic heterocycles. The van der Waals surface area contributed by atoms with E-state index in [2.05, 4.69) is 28.3 Å². The topological polar surface area (TPSA) is 78.6 Å². The van der Waals surface area contributed by atoms with Gasteiger partial charge < -0.3 is 15.5 Å². The summed E-state index contributed by atoms with van der Waals surface area (Å²) in [5.74, 6) is 1.03. The van der Waals surface area contributed by atoms with Crippen LogP contribution in [-0.4, -0.2) is 70.5 Å². The summed E-state index contributed by atoms with van der Waals surface area (Å²) in [7, 11) is 0. The number of nitrogen functional groups attached to an aromatic ring is 1. The van der Waals surface area contributed by atoms with E-state index in [-0.39, 0.29) is 5.91 Å². The Labute approximate surface area is 197 Å². The average molecular weight is 449 g/mol. The molecule has 1 aromatic heterocycles. The molecule has 2 N–H and O–H groups in total. The highest BCUT2D eigenvalue weighted by atomic mass is 16.2. The van der Waals surface area contributed by atoms with Crippen LogP contribution in [0, 0.1) is 13.8 Å². The lowest BCUT2D eigenvalue weighted by Gasteiger charge is -2.46. The molecule has 1 atom stereocenters. The second-order valence-corrected chi connectivity index (χ2v) is 9.59. The van der Waals surface area contributed by atoms with Gasteiger partial charge >= 0.3 is 0 Å². The Morgan fingerprint density at radius 1 is 1.15 bits per heavy atom. The van der Waals surface area contributed by atoms with Gasteiger partial charge in [0.1, 0.15) is 5.82 Å². The van der Waals surface area contributed by atoms with Crippen LogP contribution in [0.5, 0.6) is 0 Å². The number of rotatable bonds is 4. The minimum Gasteiger partial charge on any atom is -0.398 e. The van der Waals surface area contributed by atoms with Gasteiger partial charge in [0.15, 0.2) is 0 Å².